The summed E-state index contributed by atoms with van der Waals surface area (Å²) in [5, 5.41) is 0. The molecule has 3 nitrogen and oxygen atoms in total. The van der Waals surface area contributed by atoms with E-state index >= 15 is 0 Å². The Morgan fingerprint density at radius 1 is 1.19 bits per heavy atom. The first kappa shape index (κ1) is 15.7. The van der Waals surface area contributed by atoms with Gasteiger partial charge < -0.3 is 4.74 Å². The van der Waals surface area contributed by atoms with Gasteiger partial charge in [0.05, 0.1) is 0 Å². The third kappa shape index (κ3) is 3.68. The molecule has 0 saturated heterocycles. The summed E-state index contributed by atoms with van der Waals surface area (Å²) in [5.74, 6) is 0. The minimum Gasteiger partial charge on any atom is -0.444 e. The molecule has 1 atom stereocenters. The second kappa shape index (κ2) is 5.58. The lowest BCUT2D eigenvalue weighted by Gasteiger charge is -2.24. The van der Waals surface area contributed by atoms with Crippen LogP contribution in [0.4, 0.5) is 18.0 Å². The summed E-state index contributed by atoms with van der Waals surface area (Å²) in [6.07, 6.45) is -5.82. The molecule has 1 aromatic carbocycles. The van der Waals surface area contributed by atoms with Crippen LogP contribution in [0.15, 0.2) is 18.2 Å². The fourth-order valence-electron chi connectivity index (χ4n) is 2.19. The summed E-state index contributed by atoms with van der Waals surface area (Å²) in [6.45, 7) is 5.89. The number of hydrogen-bond acceptors (Lipinski definition) is 2. The second-order valence-corrected chi connectivity index (χ2v) is 6.10. The fraction of sp³-hybridized carbons (Fsp3) is 0.533. The van der Waals surface area contributed by atoms with Crippen molar-refractivity contribution in [2.24, 2.45) is 0 Å². The molecule has 1 aromatic rings. The highest BCUT2D eigenvalue weighted by Gasteiger charge is 2.29. The highest BCUT2D eigenvalue weighted by molar-refractivity contribution is 5.69. The molecule has 0 fully saturated rings. The molecular weight excluding hydrogens is 283 g/mol. The van der Waals surface area contributed by atoms with Gasteiger partial charge in [-0.15, -0.1) is 0 Å². The van der Waals surface area contributed by atoms with Crippen LogP contribution in [0.2, 0.25) is 0 Å². The zero-order valence-electron chi connectivity index (χ0n) is 12.2. The maximum Gasteiger partial charge on any atom is 0.410 e. The van der Waals surface area contributed by atoms with Gasteiger partial charge >= 0.3 is 6.09 Å². The molecule has 0 bridgehead atoms. The van der Waals surface area contributed by atoms with Crippen molar-refractivity contribution in [1.82, 2.24) is 4.90 Å². The normalized spacial score (nSPS) is 16.0. The van der Waals surface area contributed by atoms with Gasteiger partial charge in [0.1, 0.15) is 5.60 Å². The molecule has 2 rings (SSSR count). The highest BCUT2D eigenvalue weighted by atomic mass is 19.3. The predicted molar refractivity (Wildman–Crippen MR) is 71.8 cm³/mol. The quantitative estimate of drug-likeness (QED) is 0.819. The zero-order valence-corrected chi connectivity index (χ0v) is 12.2. The zero-order chi connectivity index (χ0) is 15.8. The molecule has 6 heteroatoms. The Morgan fingerprint density at radius 3 is 2.38 bits per heavy atom. The lowest BCUT2D eigenvalue weighted by atomic mass is 10.0. The van der Waals surface area contributed by atoms with Crippen LogP contribution in [-0.4, -0.2) is 23.0 Å². The number of nitrogens with zero attached hydrogens (tertiary/aromatic N) is 1. The number of halogens is 3. The van der Waals surface area contributed by atoms with Gasteiger partial charge in [0.25, 0.3) is 6.43 Å². The van der Waals surface area contributed by atoms with E-state index in [-0.39, 0.29) is 12.1 Å². The molecule has 21 heavy (non-hydrogen) atoms. The number of fused-ring (bicyclic) bond motifs is 1. The van der Waals surface area contributed by atoms with Crippen molar-refractivity contribution in [3.05, 3.63) is 34.9 Å². The van der Waals surface area contributed by atoms with Crippen molar-refractivity contribution in [3.63, 3.8) is 0 Å². The highest BCUT2D eigenvalue weighted by Crippen LogP contribution is 2.30. The molecule has 1 aliphatic rings. The first-order valence-corrected chi connectivity index (χ1v) is 6.69. The van der Waals surface area contributed by atoms with E-state index < -0.39 is 24.3 Å². The third-order valence-corrected chi connectivity index (χ3v) is 3.14. The van der Waals surface area contributed by atoms with Crippen molar-refractivity contribution in [1.29, 1.82) is 0 Å². The Labute approximate surface area is 121 Å². The van der Waals surface area contributed by atoms with E-state index in [4.69, 9.17) is 4.74 Å². The van der Waals surface area contributed by atoms with E-state index in [0.29, 0.717) is 12.1 Å². The van der Waals surface area contributed by atoms with Crippen LogP contribution in [0.3, 0.4) is 0 Å². The van der Waals surface area contributed by atoms with Gasteiger partial charge in [-0.3, -0.25) is 4.90 Å². The van der Waals surface area contributed by atoms with Crippen LogP contribution < -0.4 is 0 Å². The van der Waals surface area contributed by atoms with Crippen molar-refractivity contribution < 1.29 is 22.7 Å². The van der Waals surface area contributed by atoms with Crippen LogP contribution >= 0.6 is 0 Å². The smallest absolute Gasteiger partial charge is 0.410 e. The Kier molecular flexibility index (Phi) is 4.16. The van der Waals surface area contributed by atoms with Gasteiger partial charge in [0.15, 0.2) is 6.17 Å². The monoisotopic (exact) mass is 301 g/mol. The summed E-state index contributed by atoms with van der Waals surface area (Å²) in [7, 11) is 0. The first-order chi connectivity index (χ1) is 9.67. The first-order valence-electron chi connectivity index (χ1n) is 6.69. The molecule has 0 saturated carbocycles. The van der Waals surface area contributed by atoms with Crippen LogP contribution in [0, 0.1) is 0 Å². The predicted octanol–water partition coefficient (Wildman–Crippen LogP) is 4.21. The SMILES string of the molecule is CC(C)(C)OC(=O)N1Cc2ccc(C(F)C(F)F)cc2C1. The fourth-order valence-corrected chi connectivity index (χ4v) is 2.19. The number of amides is 1. The molecule has 1 unspecified atom stereocenters. The van der Waals surface area contributed by atoms with Gasteiger partial charge in [-0.1, -0.05) is 18.2 Å². The van der Waals surface area contributed by atoms with E-state index in [1.165, 1.54) is 17.0 Å². The number of benzene rings is 1. The maximum absolute atomic E-state index is 13.3. The number of ether oxygens (including phenoxy) is 1. The van der Waals surface area contributed by atoms with Gasteiger partial charge in [-0.2, -0.15) is 0 Å². The van der Waals surface area contributed by atoms with Gasteiger partial charge in [-0.05, 0) is 37.5 Å². The lowest BCUT2D eigenvalue weighted by molar-refractivity contribution is 0.0241. The van der Waals surface area contributed by atoms with Crippen molar-refractivity contribution in [2.75, 3.05) is 0 Å². The minimum absolute atomic E-state index is 0.0604. The number of rotatable bonds is 2. The molecule has 1 aliphatic heterocycles. The van der Waals surface area contributed by atoms with Crippen molar-refractivity contribution in [2.45, 2.75) is 52.1 Å². The number of hydrogen-bond donors (Lipinski definition) is 0. The van der Waals surface area contributed by atoms with Crippen LogP contribution in [0.5, 0.6) is 0 Å². The second-order valence-electron chi connectivity index (χ2n) is 6.10. The number of alkyl halides is 3. The Morgan fingerprint density at radius 2 is 1.81 bits per heavy atom. The molecule has 0 aliphatic carbocycles. The molecule has 116 valence electrons. The summed E-state index contributed by atoms with van der Waals surface area (Å²) in [4.78, 5) is 13.4. The van der Waals surface area contributed by atoms with Gasteiger partial charge in [0, 0.05) is 13.1 Å². The molecule has 0 N–H and O–H groups in total. The topological polar surface area (TPSA) is 29.5 Å². The van der Waals surface area contributed by atoms with Crippen molar-refractivity contribution in [3.8, 4) is 0 Å². The third-order valence-electron chi connectivity index (χ3n) is 3.14. The Hall–Kier alpha value is -1.72. The molecular formula is C15H18F3NO2. The van der Waals surface area contributed by atoms with E-state index in [9.17, 15) is 18.0 Å². The average Bonchev–Trinajstić information content (AvgIpc) is 2.78. The largest absolute Gasteiger partial charge is 0.444 e. The standard InChI is InChI=1S/C15H18F3NO2/c1-15(2,3)21-14(20)19-7-10-5-4-9(6-11(10)8-19)12(16)13(17)18/h4-6,12-13H,7-8H2,1-3H3. The van der Waals surface area contributed by atoms with E-state index in [0.717, 1.165) is 5.56 Å². The molecule has 0 spiro atoms. The Bertz CT molecular complexity index is 540. The van der Waals surface area contributed by atoms with Gasteiger partial charge in [-0.25, -0.2) is 18.0 Å². The molecule has 1 amide bonds. The molecule has 0 radical (unpaired) electrons. The van der Waals surface area contributed by atoms with E-state index in [1.54, 1.807) is 26.8 Å². The maximum atomic E-state index is 13.3. The van der Waals surface area contributed by atoms with Crippen LogP contribution in [0.1, 0.15) is 43.6 Å². The Balaban J connectivity index is 2.11. The van der Waals surface area contributed by atoms with Crippen LogP contribution in [-0.2, 0) is 17.8 Å². The number of carbonyl (C=O) groups is 1. The summed E-state index contributed by atoms with van der Waals surface area (Å²) < 4.78 is 43.4. The van der Waals surface area contributed by atoms with Gasteiger partial charge in [0.2, 0.25) is 0 Å². The minimum atomic E-state index is -3.05. The van der Waals surface area contributed by atoms with E-state index in [1.807, 2.05) is 0 Å². The average molecular weight is 301 g/mol. The lowest BCUT2D eigenvalue weighted by Crippen LogP contribution is -2.33. The summed E-state index contributed by atoms with van der Waals surface area (Å²) in [5.41, 5.74) is 0.846. The molecule has 1 heterocycles. The van der Waals surface area contributed by atoms with Crippen LogP contribution in [0.25, 0.3) is 0 Å². The number of carbonyl (C=O) groups excluding carboxylic acids is 1. The summed E-state index contributed by atoms with van der Waals surface area (Å²) >= 11 is 0. The summed E-state index contributed by atoms with van der Waals surface area (Å²) in [6, 6.07) is 4.33. The van der Waals surface area contributed by atoms with Crippen molar-refractivity contribution >= 4 is 6.09 Å². The molecule has 0 aromatic heterocycles. The van der Waals surface area contributed by atoms with E-state index in [2.05, 4.69) is 0 Å².